The number of aromatic nitrogens is 2. The van der Waals surface area contributed by atoms with Crippen LogP contribution in [-0.2, 0) is 6.54 Å². The molecule has 0 fully saturated rings. The Morgan fingerprint density at radius 3 is 2.56 bits per heavy atom. The molecule has 2 aromatic rings. The van der Waals surface area contributed by atoms with Gasteiger partial charge in [0.1, 0.15) is 0 Å². The Hall–Kier alpha value is -2.45. The van der Waals surface area contributed by atoms with E-state index >= 15 is 0 Å². The third-order valence-corrected chi connectivity index (χ3v) is 2.49. The van der Waals surface area contributed by atoms with Crippen molar-refractivity contribution in [3.05, 3.63) is 52.3 Å². The zero-order valence-electron chi connectivity index (χ0n) is 9.58. The van der Waals surface area contributed by atoms with Crippen LogP contribution in [0.25, 0.3) is 11.3 Å². The molecule has 0 saturated carbocycles. The summed E-state index contributed by atoms with van der Waals surface area (Å²) in [5.41, 5.74) is 1.78. The van der Waals surface area contributed by atoms with E-state index in [0.717, 1.165) is 5.56 Å². The van der Waals surface area contributed by atoms with Crippen LogP contribution in [0.1, 0.15) is 5.56 Å². The molecule has 2 rings (SSSR count). The summed E-state index contributed by atoms with van der Waals surface area (Å²) in [7, 11) is 0. The topological polar surface area (TPSA) is 78.9 Å². The number of rotatable bonds is 3. The van der Waals surface area contributed by atoms with Crippen molar-refractivity contribution in [3.63, 3.8) is 0 Å². The number of nitriles is 1. The molecule has 1 aromatic carbocycles. The number of aliphatic hydroxyl groups excluding tert-OH is 1. The second kappa shape index (κ2) is 5.25. The van der Waals surface area contributed by atoms with E-state index < -0.39 is 0 Å². The summed E-state index contributed by atoms with van der Waals surface area (Å²) in [4.78, 5) is 11.4. The van der Waals surface area contributed by atoms with Crippen molar-refractivity contribution in [2.75, 3.05) is 6.61 Å². The maximum atomic E-state index is 11.4. The maximum absolute atomic E-state index is 11.4. The van der Waals surface area contributed by atoms with Crippen LogP contribution in [0.15, 0.2) is 41.2 Å². The largest absolute Gasteiger partial charge is 0.394 e. The molecule has 0 radical (unpaired) electrons. The molecular weight excluding hydrogens is 230 g/mol. The fraction of sp³-hybridized carbons (Fsp3) is 0.154. The standard InChI is InChI=1S/C13H11N3O2/c14-9-10-1-3-11(4-2-10)12-5-6-13(18)16(15-12)7-8-17/h1-6,17H,7-8H2. The minimum absolute atomic E-state index is 0.135. The summed E-state index contributed by atoms with van der Waals surface area (Å²) in [6, 6.07) is 12.0. The molecule has 0 bridgehead atoms. The zero-order chi connectivity index (χ0) is 13.0. The Balaban J connectivity index is 2.41. The lowest BCUT2D eigenvalue weighted by atomic mass is 10.1. The first-order valence-electron chi connectivity index (χ1n) is 5.44. The SMILES string of the molecule is N#Cc1ccc(-c2ccc(=O)n(CCO)n2)cc1. The van der Waals surface area contributed by atoms with Crippen molar-refractivity contribution >= 4 is 0 Å². The van der Waals surface area contributed by atoms with Gasteiger partial charge in [-0.1, -0.05) is 12.1 Å². The van der Waals surface area contributed by atoms with Crippen molar-refractivity contribution in [2.24, 2.45) is 0 Å². The lowest BCUT2D eigenvalue weighted by Crippen LogP contribution is -2.23. The van der Waals surface area contributed by atoms with Crippen LogP contribution < -0.4 is 5.56 Å². The van der Waals surface area contributed by atoms with Crippen molar-refractivity contribution in [1.82, 2.24) is 9.78 Å². The summed E-state index contributed by atoms with van der Waals surface area (Å²) < 4.78 is 1.22. The maximum Gasteiger partial charge on any atom is 0.266 e. The molecule has 0 aliphatic rings. The molecule has 18 heavy (non-hydrogen) atoms. The van der Waals surface area contributed by atoms with E-state index in [-0.39, 0.29) is 18.7 Å². The van der Waals surface area contributed by atoms with E-state index in [1.54, 1.807) is 30.3 Å². The molecule has 90 valence electrons. The smallest absolute Gasteiger partial charge is 0.266 e. The van der Waals surface area contributed by atoms with Crippen LogP contribution in [0.2, 0.25) is 0 Å². The molecule has 0 spiro atoms. The van der Waals surface area contributed by atoms with Crippen LogP contribution in [-0.4, -0.2) is 21.5 Å². The fourth-order valence-electron chi connectivity index (χ4n) is 1.57. The van der Waals surface area contributed by atoms with Gasteiger partial charge in [0.2, 0.25) is 0 Å². The number of aliphatic hydroxyl groups is 1. The van der Waals surface area contributed by atoms with Crippen LogP contribution >= 0.6 is 0 Å². The summed E-state index contributed by atoms with van der Waals surface area (Å²) >= 11 is 0. The highest BCUT2D eigenvalue weighted by molar-refractivity contribution is 5.59. The minimum Gasteiger partial charge on any atom is -0.394 e. The molecule has 1 aromatic heterocycles. The Morgan fingerprint density at radius 2 is 1.94 bits per heavy atom. The van der Waals surface area contributed by atoms with Crippen LogP contribution in [0, 0.1) is 11.3 Å². The molecule has 1 N–H and O–H groups in total. The first-order chi connectivity index (χ1) is 8.74. The van der Waals surface area contributed by atoms with Gasteiger partial charge in [0.15, 0.2) is 0 Å². The normalized spacial score (nSPS) is 10.0. The van der Waals surface area contributed by atoms with Gasteiger partial charge in [-0.2, -0.15) is 10.4 Å². The van der Waals surface area contributed by atoms with Crippen LogP contribution in [0.5, 0.6) is 0 Å². The van der Waals surface area contributed by atoms with Gasteiger partial charge in [0, 0.05) is 11.6 Å². The van der Waals surface area contributed by atoms with Gasteiger partial charge in [-0.25, -0.2) is 4.68 Å². The molecular formula is C13H11N3O2. The highest BCUT2D eigenvalue weighted by Gasteiger charge is 2.03. The number of hydrogen-bond acceptors (Lipinski definition) is 4. The Bertz CT molecular complexity index is 639. The Morgan fingerprint density at radius 1 is 1.22 bits per heavy atom. The lowest BCUT2D eigenvalue weighted by molar-refractivity contribution is 0.266. The van der Waals surface area contributed by atoms with Crippen molar-refractivity contribution in [3.8, 4) is 17.3 Å². The summed E-state index contributed by atoms with van der Waals surface area (Å²) in [6.45, 7) is 0.0344. The Kier molecular flexibility index (Phi) is 3.51. The molecule has 5 nitrogen and oxygen atoms in total. The predicted molar refractivity (Wildman–Crippen MR) is 65.7 cm³/mol. The van der Waals surface area contributed by atoms with Crippen molar-refractivity contribution in [2.45, 2.75) is 6.54 Å². The second-order valence-electron chi connectivity index (χ2n) is 3.69. The molecule has 0 atom stereocenters. The lowest BCUT2D eigenvalue weighted by Gasteiger charge is -2.05. The van der Waals surface area contributed by atoms with E-state index in [0.29, 0.717) is 11.3 Å². The third-order valence-electron chi connectivity index (χ3n) is 2.49. The molecule has 0 unspecified atom stereocenters. The highest BCUT2D eigenvalue weighted by Crippen LogP contribution is 2.15. The first-order valence-corrected chi connectivity index (χ1v) is 5.44. The quantitative estimate of drug-likeness (QED) is 0.861. The highest BCUT2D eigenvalue weighted by atomic mass is 16.3. The monoisotopic (exact) mass is 241 g/mol. The van der Waals surface area contributed by atoms with Crippen molar-refractivity contribution in [1.29, 1.82) is 5.26 Å². The predicted octanol–water partition coefficient (Wildman–Crippen LogP) is 0.774. The molecule has 0 amide bonds. The van der Waals surface area contributed by atoms with Gasteiger partial charge >= 0.3 is 0 Å². The zero-order valence-corrected chi connectivity index (χ0v) is 9.58. The van der Waals surface area contributed by atoms with Gasteiger partial charge < -0.3 is 5.11 Å². The number of hydrogen-bond donors (Lipinski definition) is 1. The number of nitrogens with zero attached hydrogens (tertiary/aromatic N) is 3. The molecule has 0 aliphatic heterocycles. The van der Waals surface area contributed by atoms with Gasteiger partial charge in [0.25, 0.3) is 5.56 Å². The van der Waals surface area contributed by atoms with E-state index in [1.165, 1.54) is 10.7 Å². The third kappa shape index (κ3) is 2.44. The van der Waals surface area contributed by atoms with E-state index in [2.05, 4.69) is 5.10 Å². The average Bonchev–Trinajstić information content (AvgIpc) is 2.42. The van der Waals surface area contributed by atoms with E-state index in [1.807, 2.05) is 6.07 Å². The fourth-order valence-corrected chi connectivity index (χ4v) is 1.57. The van der Waals surface area contributed by atoms with Crippen LogP contribution in [0.4, 0.5) is 0 Å². The molecule has 0 aliphatic carbocycles. The number of benzene rings is 1. The summed E-state index contributed by atoms with van der Waals surface area (Å²) in [5.74, 6) is 0. The molecule has 5 heteroatoms. The minimum atomic E-state index is -0.249. The van der Waals surface area contributed by atoms with Crippen molar-refractivity contribution < 1.29 is 5.11 Å². The molecule has 0 saturated heterocycles. The van der Waals surface area contributed by atoms with Gasteiger partial charge in [0.05, 0.1) is 30.5 Å². The van der Waals surface area contributed by atoms with E-state index in [9.17, 15) is 4.79 Å². The average molecular weight is 241 g/mol. The van der Waals surface area contributed by atoms with Gasteiger partial charge in [-0.3, -0.25) is 4.79 Å². The Labute approximate surface area is 104 Å². The molecule has 1 heterocycles. The van der Waals surface area contributed by atoms with Crippen LogP contribution in [0.3, 0.4) is 0 Å². The summed E-state index contributed by atoms with van der Waals surface area (Å²) in [5, 5.41) is 21.7. The first kappa shape index (κ1) is 12.0. The van der Waals surface area contributed by atoms with E-state index in [4.69, 9.17) is 10.4 Å². The summed E-state index contributed by atoms with van der Waals surface area (Å²) in [6.07, 6.45) is 0. The van der Waals surface area contributed by atoms with Gasteiger partial charge in [-0.15, -0.1) is 0 Å². The van der Waals surface area contributed by atoms with Gasteiger partial charge in [-0.05, 0) is 18.2 Å². The second-order valence-corrected chi connectivity index (χ2v) is 3.69.